The lowest BCUT2D eigenvalue weighted by molar-refractivity contribution is -0.145. The summed E-state index contributed by atoms with van der Waals surface area (Å²) in [5.74, 6) is 3.22. The number of hydrogen-bond donors (Lipinski definition) is 1. The normalized spacial score (nSPS) is 11.3. The molecule has 0 radical (unpaired) electrons. The average Bonchev–Trinajstić information content (AvgIpc) is 2.48. The van der Waals surface area contributed by atoms with Gasteiger partial charge in [-0.1, -0.05) is 5.92 Å². The molecule has 1 atom stereocenters. The number of carbonyl (C=O) groups is 1. The van der Waals surface area contributed by atoms with Crippen LogP contribution in [0.2, 0.25) is 0 Å². The summed E-state index contributed by atoms with van der Waals surface area (Å²) < 4.78 is 15.5. The molecule has 1 aromatic carbocycles. The first-order chi connectivity index (χ1) is 9.67. The van der Waals surface area contributed by atoms with Crippen molar-refractivity contribution in [1.82, 2.24) is 5.32 Å². The average molecular weight is 277 g/mol. The number of rotatable bonds is 7. The molecule has 1 rings (SSSR count). The molecule has 20 heavy (non-hydrogen) atoms. The minimum atomic E-state index is -0.674. The van der Waals surface area contributed by atoms with Crippen LogP contribution in [0.1, 0.15) is 18.5 Å². The summed E-state index contributed by atoms with van der Waals surface area (Å²) >= 11 is 0. The van der Waals surface area contributed by atoms with Crippen molar-refractivity contribution in [2.75, 3.05) is 27.4 Å². The Morgan fingerprint density at radius 2 is 2.15 bits per heavy atom. The lowest BCUT2D eigenvalue weighted by Gasteiger charge is -2.19. The molecular weight excluding hydrogens is 258 g/mol. The molecule has 1 aromatic rings. The van der Waals surface area contributed by atoms with Gasteiger partial charge < -0.3 is 14.2 Å². The topological polar surface area (TPSA) is 56.8 Å². The zero-order valence-corrected chi connectivity index (χ0v) is 11.9. The molecule has 5 nitrogen and oxygen atoms in total. The van der Waals surface area contributed by atoms with Crippen molar-refractivity contribution in [1.29, 1.82) is 0 Å². The van der Waals surface area contributed by atoms with Gasteiger partial charge in [0.1, 0.15) is 17.5 Å². The Morgan fingerprint density at radius 3 is 2.70 bits per heavy atom. The van der Waals surface area contributed by atoms with Crippen LogP contribution in [0.3, 0.4) is 0 Å². The van der Waals surface area contributed by atoms with Crippen LogP contribution in [0, 0.1) is 12.3 Å². The van der Waals surface area contributed by atoms with Gasteiger partial charge in [-0.25, -0.2) is 4.79 Å². The molecule has 0 saturated heterocycles. The smallest absolute Gasteiger partial charge is 0.327 e. The Bertz CT molecular complexity index is 493. The van der Waals surface area contributed by atoms with E-state index in [1.54, 1.807) is 32.2 Å². The van der Waals surface area contributed by atoms with E-state index in [-0.39, 0.29) is 6.54 Å². The number of benzene rings is 1. The van der Waals surface area contributed by atoms with Gasteiger partial charge in [0, 0.05) is 11.6 Å². The second-order valence-electron chi connectivity index (χ2n) is 3.88. The molecule has 0 aliphatic heterocycles. The molecule has 0 aliphatic carbocycles. The first-order valence-corrected chi connectivity index (χ1v) is 6.23. The summed E-state index contributed by atoms with van der Waals surface area (Å²) in [6.07, 6.45) is 5.23. The van der Waals surface area contributed by atoms with Gasteiger partial charge in [-0.2, -0.15) is 0 Å². The van der Waals surface area contributed by atoms with Crippen LogP contribution < -0.4 is 14.8 Å². The van der Waals surface area contributed by atoms with E-state index >= 15 is 0 Å². The fraction of sp³-hybridized carbons (Fsp3) is 0.400. The zero-order valence-electron chi connectivity index (χ0n) is 11.9. The summed E-state index contributed by atoms with van der Waals surface area (Å²) in [4.78, 5) is 12.0. The predicted molar refractivity (Wildman–Crippen MR) is 75.8 cm³/mol. The van der Waals surface area contributed by atoms with E-state index in [0.717, 1.165) is 0 Å². The molecule has 5 heteroatoms. The summed E-state index contributed by atoms with van der Waals surface area (Å²) in [6, 6.07) is 4.54. The second kappa shape index (κ2) is 8.08. The van der Waals surface area contributed by atoms with E-state index in [4.69, 9.17) is 20.6 Å². The van der Waals surface area contributed by atoms with Crippen LogP contribution in [-0.2, 0) is 9.53 Å². The third-order valence-corrected chi connectivity index (χ3v) is 2.68. The van der Waals surface area contributed by atoms with Gasteiger partial charge in [0.05, 0.1) is 27.4 Å². The molecule has 0 bridgehead atoms. The Labute approximate surface area is 119 Å². The third-order valence-electron chi connectivity index (χ3n) is 2.68. The Hall–Kier alpha value is -2.19. The SMILES string of the molecule is C#CCNC(C(=O)OCC)c1ccc(OC)cc1OC. The van der Waals surface area contributed by atoms with Crippen molar-refractivity contribution in [3.8, 4) is 23.8 Å². The molecule has 1 unspecified atom stereocenters. The number of carbonyl (C=O) groups excluding carboxylic acids is 1. The van der Waals surface area contributed by atoms with Gasteiger partial charge in [0.25, 0.3) is 0 Å². The molecule has 0 spiro atoms. The van der Waals surface area contributed by atoms with Crippen molar-refractivity contribution < 1.29 is 19.0 Å². The monoisotopic (exact) mass is 277 g/mol. The maximum absolute atomic E-state index is 12.0. The van der Waals surface area contributed by atoms with Crippen molar-refractivity contribution in [2.45, 2.75) is 13.0 Å². The van der Waals surface area contributed by atoms with Crippen LogP contribution in [0.25, 0.3) is 0 Å². The molecule has 0 saturated carbocycles. The van der Waals surface area contributed by atoms with E-state index < -0.39 is 12.0 Å². The fourth-order valence-corrected chi connectivity index (χ4v) is 1.76. The van der Waals surface area contributed by atoms with Crippen molar-refractivity contribution >= 4 is 5.97 Å². The molecule has 0 aliphatic rings. The number of methoxy groups -OCH3 is 2. The molecule has 0 fully saturated rings. The van der Waals surface area contributed by atoms with Crippen LogP contribution in [0.4, 0.5) is 0 Å². The van der Waals surface area contributed by atoms with Gasteiger partial charge in [-0.3, -0.25) is 5.32 Å². The van der Waals surface area contributed by atoms with Gasteiger partial charge in [-0.05, 0) is 19.1 Å². The highest BCUT2D eigenvalue weighted by molar-refractivity contribution is 5.79. The Balaban J connectivity index is 3.12. The number of ether oxygens (including phenoxy) is 3. The molecule has 0 aromatic heterocycles. The van der Waals surface area contributed by atoms with E-state index in [1.165, 1.54) is 7.11 Å². The Morgan fingerprint density at radius 1 is 1.40 bits per heavy atom. The maximum atomic E-state index is 12.0. The summed E-state index contributed by atoms with van der Waals surface area (Å²) in [6.45, 7) is 2.30. The number of terminal acetylenes is 1. The van der Waals surface area contributed by atoms with Crippen LogP contribution in [0.15, 0.2) is 18.2 Å². The van der Waals surface area contributed by atoms with Gasteiger partial charge in [0.15, 0.2) is 0 Å². The summed E-state index contributed by atoms with van der Waals surface area (Å²) in [5, 5.41) is 2.95. The first-order valence-electron chi connectivity index (χ1n) is 6.23. The molecule has 0 heterocycles. The number of nitrogens with one attached hydrogen (secondary N) is 1. The second-order valence-corrected chi connectivity index (χ2v) is 3.88. The van der Waals surface area contributed by atoms with Crippen LogP contribution in [0.5, 0.6) is 11.5 Å². The van der Waals surface area contributed by atoms with E-state index in [1.807, 2.05) is 0 Å². The van der Waals surface area contributed by atoms with Crippen LogP contribution >= 0.6 is 0 Å². The summed E-state index contributed by atoms with van der Waals surface area (Å²) in [5.41, 5.74) is 0.655. The first kappa shape index (κ1) is 15.9. The standard InChI is InChI=1S/C15H19NO4/c1-5-9-16-14(15(17)20-6-2)12-8-7-11(18-3)10-13(12)19-4/h1,7-8,10,14,16H,6,9H2,2-4H3. The highest BCUT2D eigenvalue weighted by atomic mass is 16.5. The molecular formula is C15H19NO4. The molecule has 108 valence electrons. The van der Waals surface area contributed by atoms with Crippen molar-refractivity contribution in [2.24, 2.45) is 0 Å². The zero-order chi connectivity index (χ0) is 15.0. The fourth-order valence-electron chi connectivity index (χ4n) is 1.76. The van der Waals surface area contributed by atoms with Crippen molar-refractivity contribution in [3.05, 3.63) is 23.8 Å². The highest BCUT2D eigenvalue weighted by Gasteiger charge is 2.24. The number of hydrogen-bond acceptors (Lipinski definition) is 5. The Kier molecular flexibility index (Phi) is 6.41. The van der Waals surface area contributed by atoms with Crippen LogP contribution in [-0.4, -0.2) is 33.3 Å². The largest absolute Gasteiger partial charge is 0.497 e. The van der Waals surface area contributed by atoms with Crippen molar-refractivity contribution in [3.63, 3.8) is 0 Å². The lowest BCUT2D eigenvalue weighted by atomic mass is 10.1. The highest BCUT2D eigenvalue weighted by Crippen LogP contribution is 2.30. The minimum Gasteiger partial charge on any atom is -0.497 e. The third kappa shape index (κ3) is 3.90. The van der Waals surface area contributed by atoms with Gasteiger partial charge in [-0.15, -0.1) is 6.42 Å². The van der Waals surface area contributed by atoms with E-state index in [2.05, 4.69) is 11.2 Å². The molecule has 1 N–H and O–H groups in total. The lowest BCUT2D eigenvalue weighted by Crippen LogP contribution is -2.31. The summed E-state index contributed by atoms with van der Waals surface area (Å²) in [7, 11) is 3.09. The number of esters is 1. The van der Waals surface area contributed by atoms with Gasteiger partial charge in [0.2, 0.25) is 0 Å². The van der Waals surface area contributed by atoms with E-state index in [9.17, 15) is 4.79 Å². The van der Waals surface area contributed by atoms with E-state index in [0.29, 0.717) is 23.7 Å². The van der Waals surface area contributed by atoms with Gasteiger partial charge >= 0.3 is 5.97 Å². The predicted octanol–water partition coefficient (Wildman–Crippen LogP) is 1.53. The maximum Gasteiger partial charge on any atom is 0.327 e. The quantitative estimate of drug-likeness (QED) is 0.605. The minimum absolute atomic E-state index is 0.249. The molecule has 0 amide bonds.